The highest BCUT2D eigenvalue weighted by Gasteiger charge is 2.34. The van der Waals surface area contributed by atoms with Crippen molar-refractivity contribution in [1.29, 1.82) is 0 Å². The van der Waals surface area contributed by atoms with Crippen molar-refractivity contribution in [3.05, 3.63) is 66.0 Å². The second-order valence-electron chi connectivity index (χ2n) is 11.3. The fourth-order valence-electron chi connectivity index (χ4n) is 6.13. The van der Waals surface area contributed by atoms with Crippen LogP contribution < -0.4 is 9.64 Å². The number of benzene rings is 3. The van der Waals surface area contributed by atoms with Crippen molar-refractivity contribution >= 4 is 45.0 Å². The van der Waals surface area contributed by atoms with Crippen LogP contribution in [0.15, 0.2) is 55.1 Å². The number of phenols is 1. The third kappa shape index (κ3) is 5.77. The van der Waals surface area contributed by atoms with E-state index in [1.165, 1.54) is 12.1 Å². The van der Waals surface area contributed by atoms with Gasteiger partial charge in [0.2, 0.25) is 5.91 Å². The number of aromatic hydroxyl groups is 1. The molecule has 0 saturated carbocycles. The van der Waals surface area contributed by atoms with Gasteiger partial charge in [-0.15, -0.1) is 0 Å². The number of halogens is 2. The van der Waals surface area contributed by atoms with Crippen molar-refractivity contribution in [3.63, 3.8) is 0 Å². The first-order chi connectivity index (χ1) is 21.2. The van der Waals surface area contributed by atoms with Crippen LogP contribution in [0, 0.1) is 5.82 Å². The second kappa shape index (κ2) is 12.6. The molecule has 11 heteroatoms. The van der Waals surface area contributed by atoms with Gasteiger partial charge >= 0.3 is 6.01 Å². The highest BCUT2D eigenvalue weighted by Crippen LogP contribution is 2.43. The average molecular weight is 620 g/mol. The number of amides is 1. The normalized spacial score (nSPS) is 19.5. The highest BCUT2D eigenvalue weighted by atomic mass is 35.5. The summed E-state index contributed by atoms with van der Waals surface area (Å²) < 4.78 is 28.3. The van der Waals surface area contributed by atoms with E-state index in [2.05, 4.69) is 21.4 Å². The van der Waals surface area contributed by atoms with Gasteiger partial charge in [-0.2, -0.15) is 9.97 Å². The minimum absolute atomic E-state index is 0.000435. The van der Waals surface area contributed by atoms with Gasteiger partial charge in [0.15, 0.2) is 5.82 Å². The zero-order valence-electron chi connectivity index (χ0n) is 24.8. The van der Waals surface area contributed by atoms with E-state index in [4.69, 9.17) is 26.1 Å². The molecule has 0 bridgehead atoms. The Bertz CT molecular complexity index is 1730. The summed E-state index contributed by atoms with van der Waals surface area (Å²) in [5.74, 6) is -0.291. The van der Waals surface area contributed by atoms with E-state index in [0.29, 0.717) is 56.2 Å². The molecule has 0 radical (unpaired) electrons. The number of aromatic nitrogens is 2. The van der Waals surface area contributed by atoms with Crippen molar-refractivity contribution in [1.82, 2.24) is 19.8 Å². The molecule has 1 N–H and O–H groups in total. The van der Waals surface area contributed by atoms with Gasteiger partial charge in [-0.1, -0.05) is 42.4 Å². The maximum absolute atomic E-state index is 16.8. The van der Waals surface area contributed by atoms with E-state index in [-0.39, 0.29) is 45.9 Å². The lowest BCUT2D eigenvalue weighted by Crippen LogP contribution is -2.58. The molecule has 9 nitrogen and oxygen atoms in total. The molecule has 0 spiro atoms. The van der Waals surface area contributed by atoms with Crippen LogP contribution in [-0.2, 0) is 9.53 Å². The lowest BCUT2D eigenvalue weighted by atomic mass is 9.96. The standard InChI is InChI=1S/C33H35ClFN5O4/c1-4-28(42)39-18-21(3)40(19-20(39)2)32-26-17-27(34)29(25-16-23(41)15-22-7-5-6-8-24(22)25)30(35)31(26)36-33(37-32)44-14-11-38-9-12-43-13-10-38/h4-8,15-17,20-21,41H,1,9-14,18-19H2,2-3H3/t20-,21?/m1/s1. The van der Waals surface area contributed by atoms with Crippen molar-refractivity contribution in [2.75, 3.05) is 57.4 Å². The second-order valence-corrected chi connectivity index (χ2v) is 11.7. The van der Waals surface area contributed by atoms with Crippen LogP contribution in [0.3, 0.4) is 0 Å². The molecule has 2 saturated heterocycles. The lowest BCUT2D eigenvalue weighted by Gasteiger charge is -2.44. The number of anilines is 1. The molecule has 44 heavy (non-hydrogen) atoms. The maximum Gasteiger partial charge on any atom is 0.319 e. The molecule has 2 aliphatic rings. The molecule has 2 fully saturated rings. The van der Waals surface area contributed by atoms with Crippen LogP contribution in [0.1, 0.15) is 13.8 Å². The third-order valence-electron chi connectivity index (χ3n) is 8.42. The molecule has 3 aromatic carbocycles. The topological polar surface area (TPSA) is 91.3 Å². The molecule has 6 rings (SSSR count). The van der Waals surface area contributed by atoms with Gasteiger partial charge < -0.3 is 24.4 Å². The van der Waals surface area contributed by atoms with Gasteiger partial charge in [0, 0.05) is 55.8 Å². The number of hydrogen-bond donors (Lipinski definition) is 1. The minimum Gasteiger partial charge on any atom is -0.508 e. The first-order valence-electron chi connectivity index (χ1n) is 14.8. The number of nitrogens with zero attached hydrogens (tertiary/aromatic N) is 5. The van der Waals surface area contributed by atoms with E-state index in [0.717, 1.165) is 23.9 Å². The lowest BCUT2D eigenvalue weighted by molar-refractivity contribution is -0.128. The zero-order chi connectivity index (χ0) is 31.0. The van der Waals surface area contributed by atoms with Gasteiger partial charge in [-0.3, -0.25) is 9.69 Å². The first-order valence-corrected chi connectivity index (χ1v) is 15.2. The molecular weight excluding hydrogens is 585 g/mol. The molecule has 1 unspecified atom stereocenters. The number of fused-ring (bicyclic) bond motifs is 2. The molecule has 1 aromatic heterocycles. The maximum atomic E-state index is 16.8. The summed E-state index contributed by atoms with van der Waals surface area (Å²) in [7, 11) is 0. The predicted octanol–water partition coefficient (Wildman–Crippen LogP) is 5.27. The van der Waals surface area contributed by atoms with E-state index < -0.39 is 5.82 Å². The Balaban J connectivity index is 1.46. The predicted molar refractivity (Wildman–Crippen MR) is 170 cm³/mol. The molecular formula is C33H35ClFN5O4. The molecule has 0 aliphatic carbocycles. The number of rotatable bonds is 7. The number of carbonyl (C=O) groups excluding carboxylic acids is 1. The first kappa shape index (κ1) is 30.1. The number of ether oxygens (including phenoxy) is 2. The van der Waals surface area contributed by atoms with Crippen molar-refractivity contribution in [2.24, 2.45) is 0 Å². The highest BCUT2D eigenvalue weighted by molar-refractivity contribution is 6.35. The largest absolute Gasteiger partial charge is 0.508 e. The van der Waals surface area contributed by atoms with Gasteiger partial charge in [-0.05, 0) is 54.5 Å². The molecule has 4 aromatic rings. The van der Waals surface area contributed by atoms with Gasteiger partial charge in [-0.25, -0.2) is 4.39 Å². The van der Waals surface area contributed by atoms with Crippen molar-refractivity contribution in [3.8, 4) is 22.9 Å². The fraction of sp³-hybridized carbons (Fsp3) is 0.364. The number of hydrogen-bond acceptors (Lipinski definition) is 8. The Kier molecular flexibility index (Phi) is 8.57. The molecule has 3 heterocycles. The molecule has 230 valence electrons. The summed E-state index contributed by atoms with van der Waals surface area (Å²) in [5, 5.41) is 12.6. The van der Waals surface area contributed by atoms with Gasteiger partial charge in [0.1, 0.15) is 23.7 Å². The van der Waals surface area contributed by atoms with Crippen molar-refractivity contribution in [2.45, 2.75) is 25.9 Å². The van der Waals surface area contributed by atoms with E-state index in [1.807, 2.05) is 38.1 Å². The van der Waals surface area contributed by atoms with E-state index in [9.17, 15) is 9.90 Å². The van der Waals surface area contributed by atoms with Crippen LogP contribution in [0.2, 0.25) is 5.02 Å². The third-order valence-corrected chi connectivity index (χ3v) is 8.71. The smallest absolute Gasteiger partial charge is 0.319 e. The van der Waals surface area contributed by atoms with Crippen LogP contribution >= 0.6 is 11.6 Å². The summed E-state index contributed by atoms with van der Waals surface area (Å²) in [4.78, 5) is 27.9. The Morgan fingerprint density at radius 2 is 1.91 bits per heavy atom. The fourth-order valence-corrected chi connectivity index (χ4v) is 6.42. The van der Waals surface area contributed by atoms with Crippen molar-refractivity contribution < 1.29 is 23.8 Å². The van der Waals surface area contributed by atoms with Crippen LogP contribution in [0.25, 0.3) is 32.8 Å². The number of piperazine rings is 1. The van der Waals surface area contributed by atoms with Crippen LogP contribution in [0.5, 0.6) is 11.8 Å². The molecule has 1 amide bonds. The van der Waals surface area contributed by atoms with E-state index >= 15 is 4.39 Å². The van der Waals surface area contributed by atoms with E-state index in [1.54, 1.807) is 17.0 Å². The minimum atomic E-state index is -0.633. The Morgan fingerprint density at radius 3 is 2.68 bits per heavy atom. The SMILES string of the molecule is C=CC(=O)N1CC(C)N(c2nc(OCCN3CCOCC3)nc3c(F)c(-c4cc(O)cc5ccccc45)c(Cl)cc23)C[C@H]1C. The summed E-state index contributed by atoms with van der Waals surface area (Å²) in [6, 6.07) is 12.0. The van der Waals surface area contributed by atoms with Gasteiger partial charge in [0.25, 0.3) is 0 Å². The Labute approximate surface area is 260 Å². The quantitative estimate of drug-likeness (QED) is 0.280. The number of carbonyl (C=O) groups is 1. The molecule has 2 atom stereocenters. The van der Waals surface area contributed by atoms with Gasteiger partial charge in [0.05, 0.1) is 18.2 Å². The Hall–Kier alpha value is -3.99. The summed E-state index contributed by atoms with van der Waals surface area (Å²) in [5.41, 5.74) is 0.657. The number of morpholine rings is 1. The molecule has 2 aliphatic heterocycles. The average Bonchev–Trinajstić information content (AvgIpc) is 3.02. The Morgan fingerprint density at radius 1 is 1.14 bits per heavy atom. The van der Waals surface area contributed by atoms with Crippen LogP contribution in [0.4, 0.5) is 10.2 Å². The number of phenolic OH excluding ortho intramolecular Hbond substituents is 1. The monoisotopic (exact) mass is 619 g/mol. The van der Waals surface area contributed by atoms with Crippen LogP contribution in [-0.4, -0.2) is 95.4 Å². The summed E-state index contributed by atoms with van der Waals surface area (Å²) in [6.07, 6.45) is 1.32. The summed E-state index contributed by atoms with van der Waals surface area (Å²) >= 11 is 6.86. The zero-order valence-corrected chi connectivity index (χ0v) is 25.6. The summed E-state index contributed by atoms with van der Waals surface area (Å²) in [6.45, 7) is 12.4.